The minimum atomic E-state index is -0.356. The lowest BCUT2D eigenvalue weighted by Gasteiger charge is -2.05. The Morgan fingerprint density at radius 2 is 2.22 bits per heavy atom. The monoisotopic (exact) mass is 349 g/mol. The Bertz CT molecular complexity index is 722. The molecule has 1 aromatic carbocycles. The molecule has 7 heteroatoms. The molecular weight excluding hydrogens is 334 g/mol. The zero-order chi connectivity index (χ0) is 16.7. The average molecular weight is 350 g/mol. The second kappa shape index (κ2) is 8.55. The lowest BCUT2D eigenvalue weighted by Crippen LogP contribution is -2.12. The summed E-state index contributed by atoms with van der Waals surface area (Å²) in [7, 11) is 0. The van der Waals surface area contributed by atoms with Gasteiger partial charge in [-0.3, -0.25) is 0 Å². The lowest BCUT2D eigenvalue weighted by molar-refractivity contribution is 0.0526. The van der Waals surface area contributed by atoms with Gasteiger partial charge in [-0.05, 0) is 37.3 Å². The minimum Gasteiger partial charge on any atom is -0.462 e. The number of esters is 1. The number of aliphatic imine (C=N–C) groups is 1. The van der Waals surface area contributed by atoms with Crippen LogP contribution in [0.4, 0.5) is 5.69 Å². The van der Waals surface area contributed by atoms with Crippen molar-refractivity contribution in [2.24, 2.45) is 10.7 Å². The molecule has 120 valence electrons. The molecular formula is C16H16ClN3O2S. The lowest BCUT2D eigenvalue weighted by atomic mass is 10.3. The number of carbonyl (C=O) groups excluding carboxylic acids is 1. The fraction of sp³-hybridized carbons (Fsp3) is 0.188. The maximum Gasteiger partial charge on any atom is 0.338 e. The van der Waals surface area contributed by atoms with Crippen molar-refractivity contribution >= 4 is 40.9 Å². The summed E-state index contributed by atoms with van der Waals surface area (Å²) in [5, 5.41) is 0.696. The summed E-state index contributed by atoms with van der Waals surface area (Å²) in [6.45, 7) is 2.11. The Labute approximate surface area is 143 Å². The first-order chi connectivity index (χ1) is 11.1. The molecule has 0 amide bonds. The number of ether oxygens (including phenoxy) is 1. The Hall–Kier alpha value is -2.05. The number of amidine groups is 1. The van der Waals surface area contributed by atoms with Crippen LogP contribution >= 0.6 is 23.4 Å². The molecule has 2 aromatic rings. The van der Waals surface area contributed by atoms with Crippen LogP contribution in [0.15, 0.2) is 57.5 Å². The molecule has 0 saturated heterocycles. The highest BCUT2D eigenvalue weighted by atomic mass is 35.5. The zero-order valence-corrected chi connectivity index (χ0v) is 14.1. The normalized spacial score (nSPS) is 11.3. The number of rotatable bonds is 6. The van der Waals surface area contributed by atoms with Crippen LogP contribution in [-0.2, 0) is 4.74 Å². The van der Waals surface area contributed by atoms with E-state index in [1.165, 1.54) is 11.8 Å². The van der Waals surface area contributed by atoms with Crippen LogP contribution in [0.25, 0.3) is 0 Å². The van der Waals surface area contributed by atoms with Crippen molar-refractivity contribution < 1.29 is 9.53 Å². The summed E-state index contributed by atoms with van der Waals surface area (Å²) >= 11 is 7.05. The van der Waals surface area contributed by atoms with E-state index in [9.17, 15) is 4.79 Å². The van der Waals surface area contributed by atoms with Crippen molar-refractivity contribution in [1.82, 2.24) is 4.98 Å². The Kier molecular flexibility index (Phi) is 6.43. The molecule has 0 saturated carbocycles. The summed E-state index contributed by atoms with van der Waals surface area (Å²) in [5.74, 6) is 0.182. The molecule has 2 rings (SSSR count). The van der Waals surface area contributed by atoms with Gasteiger partial charge < -0.3 is 10.5 Å². The molecule has 0 atom stereocenters. The van der Waals surface area contributed by atoms with Gasteiger partial charge in [-0.1, -0.05) is 17.8 Å². The van der Waals surface area contributed by atoms with Gasteiger partial charge in [0.15, 0.2) is 0 Å². The van der Waals surface area contributed by atoms with Crippen molar-refractivity contribution in [3.05, 3.63) is 48.2 Å². The van der Waals surface area contributed by atoms with Crippen LogP contribution in [0.5, 0.6) is 0 Å². The standard InChI is InChI=1S/C16H16ClN3O2S/c1-2-22-16(21)11-6-7-19-15(8-11)23-13-5-3-4-12(9-13)20-14(18)10-17/h3-9H,2,10H2,1H3,(H2,18,20). The molecule has 0 aliphatic rings. The third kappa shape index (κ3) is 5.26. The Morgan fingerprint density at radius 1 is 1.39 bits per heavy atom. The van der Waals surface area contributed by atoms with Crippen LogP contribution in [-0.4, -0.2) is 29.3 Å². The van der Waals surface area contributed by atoms with Gasteiger partial charge in [0.2, 0.25) is 0 Å². The number of pyridine rings is 1. The summed E-state index contributed by atoms with van der Waals surface area (Å²) < 4.78 is 4.99. The molecule has 0 unspecified atom stereocenters. The van der Waals surface area contributed by atoms with Gasteiger partial charge in [0.05, 0.1) is 23.7 Å². The van der Waals surface area contributed by atoms with E-state index in [1.54, 1.807) is 25.3 Å². The summed E-state index contributed by atoms with van der Waals surface area (Å²) in [5.41, 5.74) is 6.83. The average Bonchev–Trinajstić information content (AvgIpc) is 2.55. The second-order valence-corrected chi connectivity index (χ2v) is 5.80. The molecule has 0 fully saturated rings. The number of hydrogen-bond acceptors (Lipinski definition) is 5. The number of carbonyl (C=O) groups is 1. The van der Waals surface area contributed by atoms with E-state index in [2.05, 4.69) is 9.98 Å². The molecule has 0 radical (unpaired) electrons. The van der Waals surface area contributed by atoms with Crippen LogP contribution in [0.3, 0.4) is 0 Å². The van der Waals surface area contributed by atoms with E-state index < -0.39 is 0 Å². The van der Waals surface area contributed by atoms with Crippen molar-refractivity contribution in [3.63, 3.8) is 0 Å². The summed E-state index contributed by atoms with van der Waals surface area (Å²) in [4.78, 5) is 21.1. The van der Waals surface area contributed by atoms with Gasteiger partial charge in [0, 0.05) is 11.1 Å². The maximum atomic E-state index is 11.8. The Balaban J connectivity index is 2.18. The molecule has 0 bridgehead atoms. The van der Waals surface area contributed by atoms with E-state index in [1.807, 2.05) is 24.3 Å². The highest BCUT2D eigenvalue weighted by molar-refractivity contribution is 7.99. The van der Waals surface area contributed by atoms with E-state index in [0.29, 0.717) is 23.0 Å². The van der Waals surface area contributed by atoms with Gasteiger partial charge in [0.1, 0.15) is 10.9 Å². The predicted molar refractivity (Wildman–Crippen MR) is 92.8 cm³/mol. The van der Waals surface area contributed by atoms with Crippen LogP contribution in [0, 0.1) is 0 Å². The topological polar surface area (TPSA) is 77.6 Å². The molecule has 1 heterocycles. The molecule has 5 nitrogen and oxygen atoms in total. The number of benzene rings is 1. The van der Waals surface area contributed by atoms with Gasteiger partial charge in [-0.15, -0.1) is 11.6 Å². The molecule has 23 heavy (non-hydrogen) atoms. The van der Waals surface area contributed by atoms with Gasteiger partial charge in [-0.25, -0.2) is 14.8 Å². The fourth-order valence-electron chi connectivity index (χ4n) is 1.74. The van der Waals surface area contributed by atoms with Gasteiger partial charge in [-0.2, -0.15) is 0 Å². The second-order valence-electron chi connectivity index (χ2n) is 4.44. The maximum absolute atomic E-state index is 11.8. The van der Waals surface area contributed by atoms with Crippen molar-refractivity contribution in [1.29, 1.82) is 0 Å². The number of aromatic nitrogens is 1. The number of halogens is 1. The third-order valence-electron chi connectivity index (χ3n) is 2.70. The third-order valence-corrected chi connectivity index (χ3v) is 3.89. The number of alkyl halides is 1. The highest BCUT2D eigenvalue weighted by Gasteiger charge is 2.08. The molecule has 2 N–H and O–H groups in total. The molecule has 1 aromatic heterocycles. The van der Waals surface area contributed by atoms with Crippen molar-refractivity contribution in [3.8, 4) is 0 Å². The largest absolute Gasteiger partial charge is 0.462 e. The SMILES string of the molecule is CCOC(=O)c1ccnc(Sc2cccc(N=C(N)CCl)c2)c1. The predicted octanol–water partition coefficient (Wildman–Crippen LogP) is 3.64. The van der Waals surface area contributed by atoms with Gasteiger partial charge in [0.25, 0.3) is 0 Å². The number of hydrogen-bond donors (Lipinski definition) is 1. The van der Waals surface area contributed by atoms with E-state index in [4.69, 9.17) is 22.1 Å². The fourth-order valence-corrected chi connectivity index (χ4v) is 2.67. The van der Waals surface area contributed by atoms with E-state index in [0.717, 1.165) is 10.6 Å². The number of nitrogens with zero attached hydrogens (tertiary/aromatic N) is 2. The van der Waals surface area contributed by atoms with E-state index >= 15 is 0 Å². The first-order valence-corrected chi connectivity index (χ1v) is 8.27. The zero-order valence-electron chi connectivity index (χ0n) is 12.5. The quantitative estimate of drug-likeness (QED) is 0.373. The smallest absolute Gasteiger partial charge is 0.338 e. The molecule has 0 aliphatic carbocycles. The van der Waals surface area contributed by atoms with Crippen LogP contribution in [0.1, 0.15) is 17.3 Å². The van der Waals surface area contributed by atoms with E-state index in [-0.39, 0.29) is 11.8 Å². The first kappa shape index (κ1) is 17.3. The summed E-state index contributed by atoms with van der Waals surface area (Å²) in [6.07, 6.45) is 1.59. The molecule has 0 aliphatic heterocycles. The molecule has 0 spiro atoms. The highest BCUT2D eigenvalue weighted by Crippen LogP contribution is 2.29. The van der Waals surface area contributed by atoms with Crippen LogP contribution in [0.2, 0.25) is 0 Å². The van der Waals surface area contributed by atoms with Crippen molar-refractivity contribution in [2.45, 2.75) is 16.8 Å². The van der Waals surface area contributed by atoms with Crippen LogP contribution < -0.4 is 5.73 Å². The summed E-state index contributed by atoms with van der Waals surface area (Å²) in [6, 6.07) is 10.8. The Morgan fingerprint density at radius 3 is 2.96 bits per heavy atom. The van der Waals surface area contributed by atoms with Gasteiger partial charge >= 0.3 is 5.97 Å². The minimum absolute atomic E-state index is 0.181. The first-order valence-electron chi connectivity index (χ1n) is 6.92. The van der Waals surface area contributed by atoms with Crippen molar-refractivity contribution in [2.75, 3.05) is 12.5 Å². The number of nitrogens with two attached hydrogens (primary N) is 1.